The summed E-state index contributed by atoms with van der Waals surface area (Å²) in [6.07, 6.45) is 5.15. The van der Waals surface area contributed by atoms with Crippen LogP contribution in [0.5, 0.6) is 11.5 Å². The largest absolute Gasteiger partial charge is 0.454 e. The van der Waals surface area contributed by atoms with E-state index in [1.165, 1.54) is 0 Å². The van der Waals surface area contributed by atoms with Crippen LogP contribution in [0.15, 0.2) is 48.9 Å². The lowest BCUT2D eigenvalue weighted by molar-refractivity contribution is 0.0727. The van der Waals surface area contributed by atoms with E-state index in [2.05, 4.69) is 10.1 Å². The van der Waals surface area contributed by atoms with Crippen molar-refractivity contribution in [3.05, 3.63) is 70.8 Å². The molecule has 0 bridgehead atoms. The van der Waals surface area contributed by atoms with Gasteiger partial charge in [0.25, 0.3) is 5.91 Å². The van der Waals surface area contributed by atoms with E-state index in [1.807, 2.05) is 12.1 Å². The van der Waals surface area contributed by atoms with Crippen LogP contribution in [0, 0.1) is 0 Å². The van der Waals surface area contributed by atoms with Gasteiger partial charge in [0.15, 0.2) is 11.5 Å². The lowest BCUT2D eigenvalue weighted by Gasteiger charge is -2.22. The average Bonchev–Trinajstić information content (AvgIpc) is 3.26. The number of benzene rings is 1. The molecule has 0 radical (unpaired) electrons. The van der Waals surface area contributed by atoms with E-state index in [1.54, 1.807) is 53.4 Å². The molecule has 0 saturated heterocycles. The Morgan fingerprint density at radius 2 is 2.11 bits per heavy atom. The molecule has 27 heavy (non-hydrogen) atoms. The summed E-state index contributed by atoms with van der Waals surface area (Å²) in [6, 6.07) is 8.93. The Balaban J connectivity index is 1.63. The van der Waals surface area contributed by atoms with Crippen LogP contribution in [-0.4, -0.2) is 32.4 Å². The Kier molecular flexibility index (Phi) is 4.68. The van der Waals surface area contributed by atoms with Gasteiger partial charge in [-0.15, -0.1) is 0 Å². The summed E-state index contributed by atoms with van der Waals surface area (Å²) >= 11 is 6.25. The molecule has 0 aliphatic carbocycles. The van der Waals surface area contributed by atoms with Gasteiger partial charge >= 0.3 is 0 Å². The highest BCUT2D eigenvalue weighted by molar-refractivity contribution is 6.31. The summed E-state index contributed by atoms with van der Waals surface area (Å²) in [6.45, 7) is 0.825. The Bertz CT molecular complexity index is 974. The lowest BCUT2D eigenvalue weighted by Crippen LogP contribution is -2.30. The monoisotopic (exact) mass is 384 g/mol. The first-order chi connectivity index (χ1) is 13.1. The van der Waals surface area contributed by atoms with Crippen LogP contribution in [0.25, 0.3) is 0 Å². The number of halogens is 1. The molecule has 1 aliphatic rings. The number of aryl methyl sites for hydroxylation is 1. The minimum absolute atomic E-state index is 0.154. The summed E-state index contributed by atoms with van der Waals surface area (Å²) in [5.41, 5.74) is 2.06. The molecule has 1 aliphatic heterocycles. The van der Waals surface area contributed by atoms with E-state index in [4.69, 9.17) is 21.1 Å². The third-order valence-corrected chi connectivity index (χ3v) is 4.51. The summed E-state index contributed by atoms with van der Waals surface area (Å²) in [5.74, 6) is 1.05. The molecule has 1 aromatic carbocycles. The first-order valence-electron chi connectivity index (χ1n) is 8.36. The van der Waals surface area contributed by atoms with Crippen molar-refractivity contribution >= 4 is 17.5 Å². The summed E-state index contributed by atoms with van der Waals surface area (Å²) in [7, 11) is 1.79. The molecule has 138 valence electrons. The average molecular weight is 385 g/mol. The van der Waals surface area contributed by atoms with Crippen LogP contribution < -0.4 is 9.47 Å². The molecule has 8 heteroatoms. The minimum atomic E-state index is -0.154. The molecular formula is C19H17ClN4O3. The third-order valence-electron chi connectivity index (χ3n) is 4.20. The lowest BCUT2D eigenvalue weighted by atomic mass is 10.1. The highest BCUT2D eigenvalue weighted by Gasteiger charge is 2.22. The molecule has 0 saturated carbocycles. The fourth-order valence-electron chi connectivity index (χ4n) is 2.92. The first kappa shape index (κ1) is 17.4. The van der Waals surface area contributed by atoms with Gasteiger partial charge in [0.05, 0.1) is 11.6 Å². The van der Waals surface area contributed by atoms with Crippen LogP contribution in [0.4, 0.5) is 0 Å². The highest BCUT2D eigenvalue weighted by atomic mass is 35.5. The van der Waals surface area contributed by atoms with Crippen molar-refractivity contribution in [2.75, 3.05) is 6.79 Å². The number of aromatic nitrogens is 3. The van der Waals surface area contributed by atoms with Crippen molar-refractivity contribution in [3.8, 4) is 11.5 Å². The summed E-state index contributed by atoms with van der Waals surface area (Å²) in [4.78, 5) is 19.0. The molecule has 0 fully saturated rings. The molecule has 1 amide bonds. The number of fused-ring (bicyclic) bond motifs is 1. The van der Waals surface area contributed by atoms with Gasteiger partial charge in [-0.1, -0.05) is 17.7 Å². The van der Waals surface area contributed by atoms with Gasteiger partial charge in [-0.3, -0.25) is 14.5 Å². The standard InChI is InChI=1S/C19H17ClN4O3/c1-23-10-15(20)16(22-23)11-24(9-13-3-2-6-21-8-13)19(25)14-4-5-17-18(7-14)27-12-26-17/h2-8,10H,9,11-12H2,1H3. The Morgan fingerprint density at radius 1 is 1.26 bits per heavy atom. The first-order valence-corrected chi connectivity index (χ1v) is 8.74. The van der Waals surface area contributed by atoms with Crippen molar-refractivity contribution < 1.29 is 14.3 Å². The molecule has 0 spiro atoms. The van der Waals surface area contributed by atoms with E-state index in [9.17, 15) is 4.79 Å². The van der Waals surface area contributed by atoms with Gasteiger partial charge in [-0.2, -0.15) is 5.10 Å². The normalized spacial score (nSPS) is 12.2. The minimum Gasteiger partial charge on any atom is -0.454 e. The second-order valence-corrected chi connectivity index (χ2v) is 6.60. The number of rotatable bonds is 5. The van der Waals surface area contributed by atoms with Crippen LogP contribution in [-0.2, 0) is 20.1 Å². The Morgan fingerprint density at radius 3 is 2.85 bits per heavy atom. The van der Waals surface area contributed by atoms with E-state index in [-0.39, 0.29) is 19.2 Å². The third kappa shape index (κ3) is 3.73. The topological polar surface area (TPSA) is 69.5 Å². The van der Waals surface area contributed by atoms with Crippen LogP contribution in [0.3, 0.4) is 0 Å². The van der Waals surface area contributed by atoms with Gasteiger partial charge in [0, 0.05) is 37.7 Å². The smallest absolute Gasteiger partial charge is 0.254 e. The summed E-state index contributed by atoms with van der Waals surface area (Å²) < 4.78 is 12.3. The van der Waals surface area contributed by atoms with Gasteiger partial charge < -0.3 is 14.4 Å². The number of carbonyl (C=O) groups excluding carboxylic acids is 1. The molecule has 4 rings (SSSR count). The molecule has 2 aromatic heterocycles. The molecule has 0 N–H and O–H groups in total. The van der Waals surface area contributed by atoms with Crippen LogP contribution in [0.2, 0.25) is 5.02 Å². The van der Waals surface area contributed by atoms with Gasteiger partial charge in [-0.05, 0) is 29.8 Å². The predicted octanol–water partition coefficient (Wildman–Crippen LogP) is 3.04. The van der Waals surface area contributed by atoms with E-state index in [0.29, 0.717) is 34.3 Å². The number of hydrogen-bond donors (Lipinski definition) is 0. The maximum Gasteiger partial charge on any atom is 0.254 e. The summed E-state index contributed by atoms with van der Waals surface area (Å²) in [5, 5.41) is 4.88. The number of amides is 1. The Labute approximate surface area is 161 Å². The predicted molar refractivity (Wildman–Crippen MR) is 98.6 cm³/mol. The second kappa shape index (κ2) is 7.28. The van der Waals surface area contributed by atoms with Crippen molar-refractivity contribution in [1.29, 1.82) is 0 Å². The van der Waals surface area contributed by atoms with Crippen molar-refractivity contribution in [1.82, 2.24) is 19.7 Å². The zero-order chi connectivity index (χ0) is 18.8. The van der Waals surface area contributed by atoms with E-state index >= 15 is 0 Å². The fraction of sp³-hybridized carbons (Fsp3) is 0.211. The zero-order valence-electron chi connectivity index (χ0n) is 14.6. The molecular weight excluding hydrogens is 368 g/mol. The zero-order valence-corrected chi connectivity index (χ0v) is 15.4. The SMILES string of the molecule is Cn1cc(Cl)c(CN(Cc2cccnc2)C(=O)c2ccc3c(c2)OCO3)n1. The van der Waals surface area contributed by atoms with E-state index < -0.39 is 0 Å². The Hall–Kier alpha value is -3.06. The number of nitrogens with zero attached hydrogens (tertiary/aromatic N) is 4. The van der Waals surface area contributed by atoms with Crippen LogP contribution in [0.1, 0.15) is 21.6 Å². The van der Waals surface area contributed by atoms with Gasteiger partial charge in [0.2, 0.25) is 6.79 Å². The number of ether oxygens (including phenoxy) is 2. The van der Waals surface area contributed by atoms with E-state index in [0.717, 1.165) is 5.56 Å². The highest BCUT2D eigenvalue weighted by Crippen LogP contribution is 2.33. The molecule has 0 unspecified atom stereocenters. The maximum absolute atomic E-state index is 13.2. The van der Waals surface area contributed by atoms with Crippen molar-refractivity contribution in [2.24, 2.45) is 7.05 Å². The number of carbonyl (C=O) groups is 1. The maximum atomic E-state index is 13.2. The second-order valence-electron chi connectivity index (χ2n) is 6.19. The molecule has 0 atom stereocenters. The van der Waals surface area contributed by atoms with Gasteiger partial charge in [0.1, 0.15) is 5.69 Å². The van der Waals surface area contributed by atoms with Crippen LogP contribution >= 0.6 is 11.6 Å². The fourth-order valence-corrected chi connectivity index (χ4v) is 3.16. The molecule has 3 aromatic rings. The number of pyridine rings is 1. The van der Waals surface area contributed by atoms with Gasteiger partial charge in [-0.25, -0.2) is 0 Å². The molecule has 7 nitrogen and oxygen atoms in total. The van der Waals surface area contributed by atoms with Crippen molar-refractivity contribution in [2.45, 2.75) is 13.1 Å². The molecule has 3 heterocycles. The quantitative estimate of drug-likeness (QED) is 0.676. The van der Waals surface area contributed by atoms with Crippen molar-refractivity contribution in [3.63, 3.8) is 0 Å². The number of hydrogen-bond acceptors (Lipinski definition) is 5.